The second-order valence-electron chi connectivity index (χ2n) is 5.77. The zero-order valence-corrected chi connectivity index (χ0v) is 16.3. The lowest BCUT2D eigenvalue weighted by molar-refractivity contribution is 0.0939. The summed E-state index contributed by atoms with van der Waals surface area (Å²) in [7, 11) is -4.15. The van der Waals surface area contributed by atoms with Crippen molar-refractivity contribution in [3.63, 3.8) is 0 Å². The minimum absolute atomic E-state index is 0.0800. The van der Waals surface area contributed by atoms with Crippen LogP contribution in [0.1, 0.15) is 23.8 Å². The van der Waals surface area contributed by atoms with Crippen molar-refractivity contribution < 1.29 is 13.2 Å². The lowest BCUT2D eigenvalue weighted by Crippen LogP contribution is -2.42. The first-order valence-electron chi connectivity index (χ1n) is 8.27. The highest BCUT2D eigenvalue weighted by Gasteiger charge is 2.22. The van der Waals surface area contributed by atoms with Crippen molar-refractivity contribution in [2.24, 2.45) is 0 Å². The molecule has 0 atom stereocenters. The monoisotopic (exact) mass is 421 g/mol. The number of amides is 1. The molecule has 0 aliphatic carbocycles. The number of sulfonamides is 1. The maximum absolute atomic E-state index is 12.6. The third kappa shape index (κ3) is 3.88. The average Bonchev–Trinajstić information content (AvgIpc) is 2.69. The van der Waals surface area contributed by atoms with E-state index >= 15 is 0 Å². The SMILES string of the molecule is CCCn1nc(C(=O)NNS(=O)(=O)c2cccnc2Cl)c2ccccc2c1=O. The zero-order valence-electron chi connectivity index (χ0n) is 14.7. The maximum atomic E-state index is 12.6. The van der Waals surface area contributed by atoms with Crippen LogP contribution in [0.3, 0.4) is 0 Å². The van der Waals surface area contributed by atoms with Crippen LogP contribution in [0, 0.1) is 0 Å². The third-order valence-corrected chi connectivity index (χ3v) is 5.52. The number of aromatic nitrogens is 3. The number of nitrogens with one attached hydrogen (secondary N) is 2. The van der Waals surface area contributed by atoms with Crippen molar-refractivity contribution in [2.45, 2.75) is 24.8 Å². The minimum atomic E-state index is -4.15. The van der Waals surface area contributed by atoms with Crippen LogP contribution in [0.15, 0.2) is 52.3 Å². The van der Waals surface area contributed by atoms with Gasteiger partial charge in [-0.2, -0.15) is 5.10 Å². The van der Waals surface area contributed by atoms with Crippen LogP contribution < -0.4 is 15.8 Å². The van der Waals surface area contributed by atoms with Gasteiger partial charge in [0.25, 0.3) is 21.5 Å². The van der Waals surface area contributed by atoms with Gasteiger partial charge in [0.1, 0.15) is 10.0 Å². The summed E-state index contributed by atoms with van der Waals surface area (Å²) in [6, 6.07) is 9.14. The van der Waals surface area contributed by atoms with Gasteiger partial charge < -0.3 is 0 Å². The first kappa shape index (κ1) is 19.9. The van der Waals surface area contributed by atoms with E-state index in [2.05, 4.69) is 15.5 Å². The number of hydrogen-bond acceptors (Lipinski definition) is 6. The molecule has 0 saturated carbocycles. The van der Waals surface area contributed by atoms with Crippen LogP contribution in [0.25, 0.3) is 10.8 Å². The van der Waals surface area contributed by atoms with E-state index in [1.165, 1.54) is 23.0 Å². The van der Waals surface area contributed by atoms with Crippen molar-refractivity contribution >= 4 is 38.3 Å². The summed E-state index contributed by atoms with van der Waals surface area (Å²) in [5.74, 6) is -0.815. The number of rotatable bonds is 6. The molecule has 2 aromatic heterocycles. The summed E-state index contributed by atoms with van der Waals surface area (Å²) in [6.07, 6.45) is 1.98. The Morgan fingerprint density at radius 3 is 2.57 bits per heavy atom. The van der Waals surface area contributed by atoms with Crippen molar-refractivity contribution in [3.05, 3.63) is 63.8 Å². The standard InChI is InChI=1S/C17H16ClN5O4S/c1-2-10-23-17(25)12-7-4-3-6-11(12)14(21-23)16(24)20-22-28(26,27)13-8-5-9-19-15(13)18/h3-9,22H,2,10H2,1H3,(H,20,24). The average molecular weight is 422 g/mol. The van der Waals surface area contributed by atoms with E-state index in [1.807, 2.05) is 11.8 Å². The fourth-order valence-corrected chi connectivity index (χ4v) is 3.86. The zero-order chi connectivity index (χ0) is 20.3. The smallest absolute Gasteiger partial charge is 0.272 e. The molecule has 0 bridgehead atoms. The number of benzene rings is 1. The lowest BCUT2D eigenvalue weighted by atomic mass is 10.1. The topological polar surface area (TPSA) is 123 Å². The van der Waals surface area contributed by atoms with Gasteiger partial charge in [-0.25, -0.2) is 18.1 Å². The lowest BCUT2D eigenvalue weighted by Gasteiger charge is -2.12. The fourth-order valence-electron chi connectivity index (χ4n) is 2.57. The highest BCUT2D eigenvalue weighted by atomic mass is 35.5. The Kier molecular flexibility index (Phi) is 5.73. The van der Waals surface area contributed by atoms with Gasteiger partial charge in [0.15, 0.2) is 5.69 Å². The molecule has 3 rings (SSSR count). The van der Waals surface area contributed by atoms with E-state index in [4.69, 9.17) is 11.6 Å². The van der Waals surface area contributed by atoms with Gasteiger partial charge >= 0.3 is 0 Å². The maximum Gasteiger partial charge on any atom is 0.287 e. The summed E-state index contributed by atoms with van der Waals surface area (Å²) in [5.41, 5.74) is 1.70. The molecule has 11 heteroatoms. The number of hydrazine groups is 1. The van der Waals surface area contributed by atoms with Crippen LogP contribution in [-0.4, -0.2) is 29.1 Å². The highest BCUT2D eigenvalue weighted by Crippen LogP contribution is 2.17. The predicted octanol–water partition coefficient (Wildman–Crippen LogP) is 1.48. The number of carbonyl (C=O) groups excluding carboxylic acids is 1. The molecule has 1 aromatic carbocycles. The summed E-state index contributed by atoms with van der Waals surface area (Å²) >= 11 is 5.80. The number of fused-ring (bicyclic) bond motifs is 1. The van der Waals surface area contributed by atoms with Gasteiger partial charge in [0.2, 0.25) is 0 Å². The van der Waals surface area contributed by atoms with Crippen LogP contribution in [0.5, 0.6) is 0 Å². The van der Waals surface area contributed by atoms with E-state index in [1.54, 1.807) is 24.3 Å². The number of pyridine rings is 1. The summed E-state index contributed by atoms with van der Waals surface area (Å²) in [5, 5.41) is 4.50. The molecule has 3 aromatic rings. The Bertz CT molecular complexity index is 1210. The van der Waals surface area contributed by atoms with Crippen molar-refractivity contribution in [2.75, 3.05) is 0 Å². The molecule has 0 saturated heterocycles. The van der Waals surface area contributed by atoms with Crippen LogP contribution in [0.4, 0.5) is 0 Å². The number of aryl methyl sites for hydroxylation is 1. The van der Waals surface area contributed by atoms with E-state index in [-0.39, 0.29) is 21.3 Å². The van der Waals surface area contributed by atoms with Gasteiger partial charge in [-0.3, -0.25) is 15.0 Å². The van der Waals surface area contributed by atoms with Crippen LogP contribution in [0.2, 0.25) is 5.15 Å². The van der Waals surface area contributed by atoms with E-state index < -0.39 is 15.9 Å². The molecule has 146 valence electrons. The number of carbonyl (C=O) groups is 1. The van der Waals surface area contributed by atoms with E-state index in [0.717, 1.165) is 0 Å². The highest BCUT2D eigenvalue weighted by molar-refractivity contribution is 7.89. The molecule has 2 N–H and O–H groups in total. The molecule has 28 heavy (non-hydrogen) atoms. The second-order valence-corrected chi connectivity index (χ2v) is 7.78. The Morgan fingerprint density at radius 1 is 1.18 bits per heavy atom. The van der Waals surface area contributed by atoms with Crippen LogP contribution in [-0.2, 0) is 16.6 Å². The van der Waals surface area contributed by atoms with Gasteiger partial charge in [-0.1, -0.05) is 36.7 Å². The van der Waals surface area contributed by atoms with Gasteiger partial charge in [-0.05, 0) is 24.6 Å². The van der Waals surface area contributed by atoms with Crippen molar-refractivity contribution in [3.8, 4) is 0 Å². The minimum Gasteiger partial charge on any atom is -0.272 e. The molecule has 0 fully saturated rings. The van der Waals surface area contributed by atoms with Crippen LogP contribution >= 0.6 is 11.6 Å². The fraction of sp³-hybridized carbons (Fsp3) is 0.176. The van der Waals surface area contributed by atoms with Crippen molar-refractivity contribution in [1.29, 1.82) is 0 Å². The molecule has 0 radical (unpaired) electrons. The molecule has 0 aliphatic heterocycles. The van der Waals surface area contributed by atoms with E-state index in [0.29, 0.717) is 23.7 Å². The Hall–Kier alpha value is -2.82. The van der Waals surface area contributed by atoms with Crippen molar-refractivity contribution in [1.82, 2.24) is 25.0 Å². The normalized spacial score (nSPS) is 11.5. The number of hydrogen-bond donors (Lipinski definition) is 2. The Balaban J connectivity index is 1.95. The molecule has 0 unspecified atom stereocenters. The second kappa shape index (κ2) is 8.05. The first-order valence-corrected chi connectivity index (χ1v) is 10.1. The van der Waals surface area contributed by atoms with Gasteiger partial charge in [0.05, 0.1) is 5.39 Å². The Morgan fingerprint density at radius 2 is 1.89 bits per heavy atom. The van der Waals surface area contributed by atoms with Gasteiger partial charge in [-0.15, -0.1) is 4.83 Å². The molecule has 9 nitrogen and oxygen atoms in total. The first-order chi connectivity index (χ1) is 13.3. The number of halogens is 1. The third-order valence-electron chi connectivity index (χ3n) is 3.83. The summed E-state index contributed by atoms with van der Waals surface area (Å²) < 4.78 is 25.9. The molecule has 0 spiro atoms. The molecule has 0 aliphatic rings. The summed E-state index contributed by atoms with van der Waals surface area (Å²) in [4.78, 5) is 30.5. The molecular weight excluding hydrogens is 406 g/mol. The summed E-state index contributed by atoms with van der Waals surface area (Å²) in [6.45, 7) is 2.19. The quantitative estimate of drug-likeness (QED) is 0.459. The van der Waals surface area contributed by atoms with Gasteiger partial charge in [0, 0.05) is 18.1 Å². The Labute approximate surface area is 165 Å². The number of nitrogens with zero attached hydrogens (tertiary/aromatic N) is 3. The molecule has 2 heterocycles. The predicted molar refractivity (Wildman–Crippen MR) is 103 cm³/mol. The van der Waals surface area contributed by atoms with E-state index in [9.17, 15) is 18.0 Å². The largest absolute Gasteiger partial charge is 0.287 e. The molecule has 1 amide bonds. The molecular formula is C17H16ClN5O4S.